The molecule has 1 aliphatic heterocycles. The van der Waals surface area contributed by atoms with Crippen molar-refractivity contribution in [1.82, 2.24) is 29.8 Å². The minimum Gasteiger partial charge on any atom is -0.336 e. The Kier molecular flexibility index (Phi) is 3.19. The van der Waals surface area contributed by atoms with Crippen LogP contribution in [-0.2, 0) is 6.54 Å². The molecule has 1 atom stereocenters. The smallest absolute Gasteiger partial charge is 0.258 e. The van der Waals surface area contributed by atoms with E-state index in [0.717, 1.165) is 17.3 Å². The molecule has 0 unspecified atom stereocenters. The largest absolute Gasteiger partial charge is 0.336 e. The van der Waals surface area contributed by atoms with Crippen LogP contribution in [0, 0.1) is 13.8 Å². The van der Waals surface area contributed by atoms with Crippen molar-refractivity contribution in [3.63, 3.8) is 0 Å². The standard InChI is InChI=1S/C18H20N6O2/c1-9-6-13(15-11(3)22-26-17(15)19-9)18(25)23-7-10(2)24-14(8-23)20-21-16(24)12-4-5-12/h6,10,12H,4-5,7-8H2,1-3H3/t10-/m0/s1. The number of amides is 1. The second-order valence-electron chi connectivity index (χ2n) is 7.41. The Labute approximate surface area is 150 Å². The first-order valence-corrected chi connectivity index (χ1v) is 8.99. The second-order valence-corrected chi connectivity index (χ2v) is 7.41. The fourth-order valence-electron chi connectivity index (χ4n) is 3.89. The van der Waals surface area contributed by atoms with Crippen LogP contribution in [0.15, 0.2) is 10.6 Å². The van der Waals surface area contributed by atoms with Gasteiger partial charge in [0.05, 0.1) is 29.2 Å². The summed E-state index contributed by atoms with van der Waals surface area (Å²) in [4.78, 5) is 19.5. The summed E-state index contributed by atoms with van der Waals surface area (Å²) < 4.78 is 7.49. The highest BCUT2D eigenvalue weighted by Crippen LogP contribution is 2.41. The van der Waals surface area contributed by atoms with Crippen LogP contribution in [0.25, 0.3) is 11.1 Å². The molecule has 8 heteroatoms. The van der Waals surface area contributed by atoms with Crippen molar-refractivity contribution in [2.75, 3.05) is 6.54 Å². The Hall–Kier alpha value is -2.77. The number of fused-ring (bicyclic) bond motifs is 2. The van der Waals surface area contributed by atoms with E-state index in [1.165, 1.54) is 12.8 Å². The summed E-state index contributed by atoms with van der Waals surface area (Å²) >= 11 is 0. The molecule has 0 spiro atoms. The van der Waals surface area contributed by atoms with Crippen LogP contribution in [-0.4, -0.2) is 42.3 Å². The van der Waals surface area contributed by atoms with Gasteiger partial charge in [0.1, 0.15) is 5.82 Å². The van der Waals surface area contributed by atoms with Crippen molar-refractivity contribution in [1.29, 1.82) is 0 Å². The first-order chi connectivity index (χ1) is 12.5. The average molecular weight is 352 g/mol. The summed E-state index contributed by atoms with van der Waals surface area (Å²) in [7, 11) is 0. The second kappa shape index (κ2) is 5.36. The minimum atomic E-state index is -0.0409. The van der Waals surface area contributed by atoms with Crippen molar-refractivity contribution >= 4 is 17.0 Å². The van der Waals surface area contributed by atoms with Crippen LogP contribution in [0.3, 0.4) is 0 Å². The van der Waals surface area contributed by atoms with Crippen LogP contribution < -0.4 is 0 Å². The molecule has 4 heterocycles. The molecule has 8 nitrogen and oxygen atoms in total. The average Bonchev–Trinajstić information content (AvgIpc) is 3.26. The number of rotatable bonds is 2. The molecule has 0 radical (unpaired) electrons. The first kappa shape index (κ1) is 15.5. The molecule has 1 saturated carbocycles. The summed E-state index contributed by atoms with van der Waals surface area (Å²) in [5.74, 6) is 2.45. The molecule has 134 valence electrons. The number of aryl methyl sites for hydroxylation is 2. The third-order valence-corrected chi connectivity index (χ3v) is 5.26. The zero-order valence-electron chi connectivity index (χ0n) is 15.1. The third kappa shape index (κ3) is 2.24. The quantitative estimate of drug-likeness (QED) is 0.704. The van der Waals surface area contributed by atoms with Gasteiger partial charge < -0.3 is 14.0 Å². The maximum Gasteiger partial charge on any atom is 0.258 e. The lowest BCUT2D eigenvalue weighted by Gasteiger charge is -2.32. The summed E-state index contributed by atoms with van der Waals surface area (Å²) in [6, 6.07) is 1.98. The molecule has 1 fully saturated rings. The Bertz CT molecular complexity index is 1030. The van der Waals surface area contributed by atoms with Crippen molar-refractivity contribution in [2.24, 2.45) is 0 Å². The summed E-state index contributed by atoms with van der Waals surface area (Å²) in [6.45, 7) is 6.91. The van der Waals surface area contributed by atoms with E-state index < -0.39 is 0 Å². The summed E-state index contributed by atoms with van der Waals surface area (Å²) in [5, 5.41) is 13.4. The summed E-state index contributed by atoms with van der Waals surface area (Å²) in [5.41, 5.74) is 2.42. The van der Waals surface area contributed by atoms with Gasteiger partial charge in [0.2, 0.25) is 0 Å². The Morgan fingerprint density at radius 1 is 1.27 bits per heavy atom. The van der Waals surface area contributed by atoms with E-state index in [-0.39, 0.29) is 11.9 Å². The fraction of sp³-hybridized carbons (Fsp3) is 0.500. The molecule has 0 bridgehead atoms. The van der Waals surface area contributed by atoms with E-state index >= 15 is 0 Å². The van der Waals surface area contributed by atoms with Crippen LogP contribution in [0.5, 0.6) is 0 Å². The molecular formula is C18H20N6O2. The highest BCUT2D eigenvalue weighted by atomic mass is 16.5. The lowest BCUT2D eigenvalue weighted by atomic mass is 10.1. The fourth-order valence-corrected chi connectivity index (χ4v) is 3.89. The van der Waals surface area contributed by atoms with Gasteiger partial charge in [0.25, 0.3) is 11.6 Å². The Morgan fingerprint density at radius 2 is 2.08 bits per heavy atom. The Morgan fingerprint density at radius 3 is 2.85 bits per heavy atom. The van der Waals surface area contributed by atoms with Crippen LogP contribution in [0.2, 0.25) is 0 Å². The monoisotopic (exact) mass is 352 g/mol. The van der Waals surface area contributed by atoms with E-state index in [4.69, 9.17) is 4.52 Å². The van der Waals surface area contributed by atoms with Crippen molar-refractivity contribution in [2.45, 2.75) is 52.1 Å². The van der Waals surface area contributed by atoms with E-state index in [1.54, 1.807) is 0 Å². The number of carbonyl (C=O) groups is 1. The molecule has 3 aromatic rings. The van der Waals surface area contributed by atoms with Crippen molar-refractivity contribution in [3.05, 3.63) is 34.7 Å². The number of nitrogens with zero attached hydrogens (tertiary/aromatic N) is 6. The lowest BCUT2D eigenvalue weighted by molar-refractivity contribution is 0.0681. The predicted octanol–water partition coefficient (Wildman–Crippen LogP) is 2.53. The molecule has 0 aromatic carbocycles. The molecule has 3 aromatic heterocycles. The van der Waals surface area contributed by atoms with E-state index in [0.29, 0.717) is 41.4 Å². The molecule has 2 aliphatic rings. The van der Waals surface area contributed by atoms with Crippen LogP contribution >= 0.6 is 0 Å². The number of pyridine rings is 1. The van der Waals surface area contributed by atoms with Gasteiger partial charge in [-0.15, -0.1) is 10.2 Å². The van der Waals surface area contributed by atoms with Crippen molar-refractivity contribution < 1.29 is 9.32 Å². The third-order valence-electron chi connectivity index (χ3n) is 5.26. The maximum atomic E-state index is 13.3. The topological polar surface area (TPSA) is 89.9 Å². The van der Waals surface area contributed by atoms with Gasteiger partial charge in [-0.05, 0) is 39.7 Å². The van der Waals surface area contributed by atoms with Crippen LogP contribution in [0.1, 0.15) is 65.1 Å². The van der Waals surface area contributed by atoms with Gasteiger partial charge in [0, 0.05) is 18.2 Å². The first-order valence-electron chi connectivity index (χ1n) is 8.99. The highest BCUT2D eigenvalue weighted by molar-refractivity contribution is 6.06. The predicted molar refractivity (Wildman–Crippen MR) is 92.7 cm³/mol. The Balaban J connectivity index is 1.53. The molecule has 0 saturated heterocycles. The number of aromatic nitrogens is 5. The number of hydrogen-bond donors (Lipinski definition) is 0. The van der Waals surface area contributed by atoms with E-state index in [1.807, 2.05) is 24.8 Å². The van der Waals surface area contributed by atoms with E-state index in [9.17, 15) is 4.79 Å². The normalized spacial score (nSPS) is 19.8. The number of carbonyl (C=O) groups excluding carboxylic acids is 1. The minimum absolute atomic E-state index is 0.0409. The molecule has 0 N–H and O–H groups in total. The molecule has 5 rings (SSSR count). The molecule has 1 aliphatic carbocycles. The van der Waals surface area contributed by atoms with Gasteiger partial charge in [0.15, 0.2) is 5.82 Å². The highest BCUT2D eigenvalue weighted by Gasteiger charge is 2.36. The van der Waals surface area contributed by atoms with Crippen molar-refractivity contribution in [3.8, 4) is 0 Å². The zero-order valence-corrected chi connectivity index (χ0v) is 15.1. The molecule has 26 heavy (non-hydrogen) atoms. The lowest BCUT2D eigenvalue weighted by Crippen LogP contribution is -2.41. The molecular weight excluding hydrogens is 332 g/mol. The van der Waals surface area contributed by atoms with Gasteiger partial charge in [-0.25, -0.2) is 4.98 Å². The molecule has 1 amide bonds. The van der Waals surface area contributed by atoms with Gasteiger partial charge >= 0.3 is 0 Å². The summed E-state index contributed by atoms with van der Waals surface area (Å²) in [6.07, 6.45) is 2.38. The maximum absolute atomic E-state index is 13.3. The van der Waals surface area contributed by atoms with E-state index in [2.05, 4.69) is 31.8 Å². The van der Waals surface area contributed by atoms with Gasteiger partial charge in [-0.2, -0.15) is 0 Å². The number of hydrogen-bond acceptors (Lipinski definition) is 6. The van der Waals surface area contributed by atoms with Gasteiger partial charge in [-0.3, -0.25) is 4.79 Å². The zero-order chi connectivity index (χ0) is 18.0. The van der Waals surface area contributed by atoms with Crippen LogP contribution in [0.4, 0.5) is 0 Å². The SMILES string of the molecule is Cc1cc(C(=O)N2Cc3nnc(C4CC4)n3[C@@H](C)C2)c2c(C)noc2n1. The van der Waals surface area contributed by atoms with Gasteiger partial charge in [-0.1, -0.05) is 5.16 Å².